The molecule has 2 N–H and O–H groups in total. The average Bonchev–Trinajstić information content (AvgIpc) is 2.40. The number of phenols is 1. The summed E-state index contributed by atoms with van der Waals surface area (Å²) in [6, 6.07) is 13.5. The largest absolute Gasteiger partial charge is 0.507 e. The van der Waals surface area contributed by atoms with E-state index in [9.17, 15) is 5.11 Å². The summed E-state index contributed by atoms with van der Waals surface area (Å²) in [5.74, 6) is 0.248. The fraction of sp³-hybridized carbons (Fsp3) is 0.188. The monoisotopic (exact) mass is 254 g/mol. The molecule has 0 radical (unpaired) electrons. The highest BCUT2D eigenvalue weighted by molar-refractivity contribution is 6.01. The second-order valence-electron chi connectivity index (χ2n) is 4.70. The summed E-state index contributed by atoms with van der Waals surface area (Å²) < 4.78 is 0. The van der Waals surface area contributed by atoms with Crippen LogP contribution in [0.3, 0.4) is 0 Å². The molecule has 0 aliphatic heterocycles. The molecule has 19 heavy (non-hydrogen) atoms. The fourth-order valence-electron chi connectivity index (χ4n) is 1.78. The lowest BCUT2D eigenvalue weighted by atomic mass is 10.1. The van der Waals surface area contributed by atoms with Gasteiger partial charge < -0.3 is 5.11 Å². The molecule has 0 saturated heterocycles. The first-order valence-corrected chi connectivity index (χ1v) is 6.23. The Morgan fingerprint density at radius 3 is 2.32 bits per heavy atom. The molecule has 3 nitrogen and oxygen atoms in total. The van der Waals surface area contributed by atoms with Crippen LogP contribution >= 0.6 is 0 Å². The molecule has 0 atom stereocenters. The van der Waals surface area contributed by atoms with Crippen LogP contribution in [0.2, 0.25) is 0 Å². The van der Waals surface area contributed by atoms with E-state index in [1.165, 1.54) is 5.56 Å². The highest BCUT2D eigenvalue weighted by atomic mass is 16.3. The molecular weight excluding hydrogens is 236 g/mol. The van der Waals surface area contributed by atoms with E-state index in [4.69, 9.17) is 0 Å². The van der Waals surface area contributed by atoms with Crippen LogP contribution in [-0.2, 0) is 0 Å². The molecule has 0 aliphatic carbocycles. The van der Waals surface area contributed by atoms with E-state index in [-0.39, 0.29) is 5.75 Å². The van der Waals surface area contributed by atoms with E-state index in [0.29, 0.717) is 0 Å². The maximum Gasteiger partial charge on any atom is 0.124 e. The van der Waals surface area contributed by atoms with E-state index in [1.54, 1.807) is 6.07 Å². The van der Waals surface area contributed by atoms with E-state index < -0.39 is 0 Å². The van der Waals surface area contributed by atoms with Gasteiger partial charge in [-0.3, -0.25) is 5.43 Å². The maximum absolute atomic E-state index is 9.83. The molecule has 98 valence electrons. The predicted octanol–water partition coefficient (Wildman–Crippen LogP) is 3.85. The highest BCUT2D eigenvalue weighted by Gasteiger charge is 2.04. The van der Waals surface area contributed by atoms with Crippen molar-refractivity contribution < 1.29 is 5.11 Å². The zero-order valence-corrected chi connectivity index (χ0v) is 11.4. The third-order valence-corrected chi connectivity index (χ3v) is 2.95. The third-order valence-electron chi connectivity index (χ3n) is 2.95. The minimum atomic E-state index is 0.248. The van der Waals surface area contributed by atoms with Crippen molar-refractivity contribution in [3.05, 3.63) is 59.2 Å². The standard InChI is InChI=1S/C16H18N2O/c1-11-4-7-14(8-5-11)18-17-13(3)15-10-12(2)6-9-16(15)19/h4-10,18-19H,1-3H3/b17-13+. The number of nitrogens with zero attached hydrogens (tertiary/aromatic N) is 1. The molecule has 0 spiro atoms. The number of rotatable bonds is 3. The van der Waals surface area contributed by atoms with Crippen molar-refractivity contribution in [3.8, 4) is 5.75 Å². The normalized spacial score (nSPS) is 11.4. The summed E-state index contributed by atoms with van der Waals surface area (Å²) in [5.41, 5.74) is 7.73. The number of phenolic OH excluding ortho intramolecular Hbond substituents is 1. The lowest BCUT2D eigenvalue weighted by Gasteiger charge is -2.07. The zero-order chi connectivity index (χ0) is 13.8. The Kier molecular flexibility index (Phi) is 3.85. The minimum Gasteiger partial charge on any atom is -0.507 e. The van der Waals surface area contributed by atoms with Gasteiger partial charge in [0.25, 0.3) is 0 Å². The first kappa shape index (κ1) is 13.1. The van der Waals surface area contributed by atoms with Crippen LogP contribution in [-0.4, -0.2) is 10.8 Å². The van der Waals surface area contributed by atoms with E-state index >= 15 is 0 Å². The van der Waals surface area contributed by atoms with Gasteiger partial charge >= 0.3 is 0 Å². The van der Waals surface area contributed by atoms with Crippen LogP contribution < -0.4 is 5.43 Å². The van der Waals surface area contributed by atoms with Crippen LogP contribution in [0.15, 0.2) is 47.6 Å². The maximum atomic E-state index is 9.83. The van der Waals surface area contributed by atoms with Gasteiger partial charge in [-0.15, -0.1) is 0 Å². The van der Waals surface area contributed by atoms with E-state index in [1.807, 2.05) is 57.2 Å². The Bertz CT molecular complexity index is 601. The first-order chi connectivity index (χ1) is 9.06. The molecule has 0 unspecified atom stereocenters. The Hall–Kier alpha value is -2.29. The second kappa shape index (κ2) is 5.57. The van der Waals surface area contributed by atoms with Gasteiger partial charge in [-0.05, 0) is 45.0 Å². The molecule has 3 heteroatoms. The lowest BCUT2D eigenvalue weighted by Crippen LogP contribution is -2.00. The summed E-state index contributed by atoms with van der Waals surface area (Å²) in [4.78, 5) is 0. The van der Waals surface area contributed by atoms with Gasteiger partial charge in [0.05, 0.1) is 11.4 Å². The Morgan fingerprint density at radius 1 is 1.00 bits per heavy atom. The predicted molar refractivity (Wildman–Crippen MR) is 79.9 cm³/mol. The summed E-state index contributed by atoms with van der Waals surface area (Å²) in [7, 11) is 0. The van der Waals surface area contributed by atoms with Gasteiger partial charge in [0, 0.05) is 5.56 Å². The number of hydrogen-bond acceptors (Lipinski definition) is 3. The van der Waals surface area contributed by atoms with Crippen LogP contribution in [0.1, 0.15) is 23.6 Å². The molecule has 0 aromatic heterocycles. The third kappa shape index (κ3) is 3.35. The number of nitrogens with one attached hydrogen (secondary N) is 1. The minimum absolute atomic E-state index is 0.248. The van der Waals surface area contributed by atoms with Gasteiger partial charge in [-0.2, -0.15) is 5.10 Å². The first-order valence-electron chi connectivity index (χ1n) is 6.23. The van der Waals surface area contributed by atoms with Crippen LogP contribution in [0.5, 0.6) is 5.75 Å². The van der Waals surface area contributed by atoms with Crippen LogP contribution in [0.4, 0.5) is 5.69 Å². The fourth-order valence-corrected chi connectivity index (χ4v) is 1.78. The van der Waals surface area contributed by atoms with Crippen molar-refractivity contribution in [1.29, 1.82) is 0 Å². The van der Waals surface area contributed by atoms with Crippen molar-refractivity contribution >= 4 is 11.4 Å². The molecule has 0 heterocycles. The van der Waals surface area contributed by atoms with Gasteiger partial charge in [0.2, 0.25) is 0 Å². The Labute approximate surface area is 113 Å². The van der Waals surface area contributed by atoms with E-state index in [2.05, 4.69) is 10.5 Å². The second-order valence-corrected chi connectivity index (χ2v) is 4.70. The number of aromatic hydroxyl groups is 1. The Balaban J connectivity index is 2.19. The zero-order valence-electron chi connectivity index (χ0n) is 11.4. The lowest BCUT2D eigenvalue weighted by molar-refractivity contribution is 0.474. The Morgan fingerprint density at radius 2 is 1.63 bits per heavy atom. The summed E-state index contributed by atoms with van der Waals surface area (Å²) in [6.07, 6.45) is 0. The van der Waals surface area contributed by atoms with Crippen molar-refractivity contribution in [3.63, 3.8) is 0 Å². The molecule has 0 bridgehead atoms. The number of aryl methyl sites for hydroxylation is 2. The summed E-state index contributed by atoms with van der Waals surface area (Å²) in [5, 5.41) is 14.1. The topological polar surface area (TPSA) is 44.6 Å². The molecule has 2 rings (SSSR count). The quantitative estimate of drug-likeness (QED) is 0.645. The molecule has 0 saturated carbocycles. The van der Waals surface area contributed by atoms with Crippen molar-refractivity contribution in [2.24, 2.45) is 5.10 Å². The van der Waals surface area contributed by atoms with Crippen molar-refractivity contribution in [2.45, 2.75) is 20.8 Å². The molecule has 0 amide bonds. The van der Waals surface area contributed by atoms with Gasteiger partial charge in [0.15, 0.2) is 0 Å². The summed E-state index contributed by atoms with van der Waals surface area (Å²) in [6.45, 7) is 5.91. The number of benzene rings is 2. The SMILES string of the molecule is C/C(=N\Nc1ccc(C)cc1)c1cc(C)ccc1O. The van der Waals surface area contributed by atoms with E-state index in [0.717, 1.165) is 22.5 Å². The van der Waals surface area contributed by atoms with Crippen molar-refractivity contribution in [1.82, 2.24) is 0 Å². The van der Waals surface area contributed by atoms with Gasteiger partial charge in [-0.25, -0.2) is 0 Å². The van der Waals surface area contributed by atoms with Crippen LogP contribution in [0.25, 0.3) is 0 Å². The molecule has 0 fully saturated rings. The molecular formula is C16H18N2O. The molecule has 0 aliphatic rings. The summed E-state index contributed by atoms with van der Waals surface area (Å²) >= 11 is 0. The number of anilines is 1. The molecule has 2 aromatic carbocycles. The van der Waals surface area contributed by atoms with Gasteiger partial charge in [-0.1, -0.05) is 29.3 Å². The van der Waals surface area contributed by atoms with Gasteiger partial charge in [0.1, 0.15) is 5.75 Å². The molecule has 2 aromatic rings. The smallest absolute Gasteiger partial charge is 0.124 e. The average molecular weight is 254 g/mol. The highest BCUT2D eigenvalue weighted by Crippen LogP contribution is 2.19. The van der Waals surface area contributed by atoms with Crippen LogP contribution in [0, 0.1) is 13.8 Å². The number of hydrazone groups is 1. The number of hydrogen-bond donors (Lipinski definition) is 2. The van der Waals surface area contributed by atoms with Crippen molar-refractivity contribution in [2.75, 3.05) is 5.43 Å².